The second kappa shape index (κ2) is 5.10. The predicted octanol–water partition coefficient (Wildman–Crippen LogP) is 0.0316. The van der Waals surface area contributed by atoms with Crippen LogP contribution in [0.5, 0.6) is 0 Å². The molecular formula is C11H22N6. The molecule has 1 aromatic heterocycles. The van der Waals surface area contributed by atoms with Gasteiger partial charge in [-0.05, 0) is 43.6 Å². The molecule has 0 aliphatic carbocycles. The van der Waals surface area contributed by atoms with E-state index in [9.17, 15) is 0 Å². The average molecular weight is 238 g/mol. The molecule has 2 heterocycles. The molecule has 1 fully saturated rings. The lowest BCUT2D eigenvalue weighted by atomic mass is 9.80. The van der Waals surface area contributed by atoms with Crippen LogP contribution in [0.3, 0.4) is 0 Å². The Morgan fingerprint density at radius 3 is 2.59 bits per heavy atom. The van der Waals surface area contributed by atoms with Crippen molar-refractivity contribution in [1.82, 2.24) is 30.4 Å². The van der Waals surface area contributed by atoms with E-state index in [2.05, 4.69) is 39.6 Å². The van der Waals surface area contributed by atoms with Crippen LogP contribution in [-0.4, -0.2) is 51.8 Å². The zero-order valence-electron chi connectivity index (χ0n) is 11.0. The first-order valence-electron chi connectivity index (χ1n) is 6.20. The third-order valence-corrected chi connectivity index (χ3v) is 3.58. The van der Waals surface area contributed by atoms with Crippen LogP contribution in [0.4, 0.5) is 0 Å². The smallest absolute Gasteiger partial charge is 0.188 e. The van der Waals surface area contributed by atoms with Gasteiger partial charge in [0.05, 0.1) is 13.6 Å². The van der Waals surface area contributed by atoms with Crippen molar-refractivity contribution >= 4 is 0 Å². The summed E-state index contributed by atoms with van der Waals surface area (Å²) in [6.45, 7) is 6.48. The van der Waals surface area contributed by atoms with Gasteiger partial charge in [0.25, 0.3) is 0 Å². The van der Waals surface area contributed by atoms with E-state index in [0.29, 0.717) is 12.0 Å². The van der Waals surface area contributed by atoms with Crippen molar-refractivity contribution in [2.24, 2.45) is 12.5 Å². The fourth-order valence-electron chi connectivity index (χ4n) is 2.21. The largest absolute Gasteiger partial charge is 0.309 e. The van der Waals surface area contributed by atoms with Crippen LogP contribution >= 0.6 is 0 Å². The van der Waals surface area contributed by atoms with Crippen LogP contribution in [0.2, 0.25) is 0 Å². The molecule has 17 heavy (non-hydrogen) atoms. The van der Waals surface area contributed by atoms with E-state index in [1.807, 2.05) is 0 Å². The van der Waals surface area contributed by atoms with Gasteiger partial charge in [-0.3, -0.25) is 0 Å². The molecule has 1 aliphatic heterocycles. The molecule has 1 aromatic rings. The first kappa shape index (κ1) is 12.4. The van der Waals surface area contributed by atoms with E-state index >= 15 is 0 Å². The molecule has 2 rings (SSSR count). The van der Waals surface area contributed by atoms with E-state index in [4.69, 9.17) is 0 Å². The molecule has 96 valence electrons. The van der Waals surface area contributed by atoms with Gasteiger partial charge in [0.15, 0.2) is 5.82 Å². The lowest BCUT2D eigenvalue weighted by Gasteiger charge is -2.38. The number of hydrogen-bond acceptors (Lipinski definition) is 5. The Hall–Kier alpha value is -1.01. The molecule has 0 amide bonds. The van der Waals surface area contributed by atoms with Crippen LogP contribution in [0, 0.1) is 5.41 Å². The zero-order chi connectivity index (χ0) is 12.3. The lowest BCUT2D eigenvalue weighted by Crippen LogP contribution is -2.41. The summed E-state index contributed by atoms with van der Waals surface area (Å²) in [6, 6.07) is 0. The number of hydrogen-bond donors (Lipinski definition) is 1. The number of tetrazole rings is 1. The standard InChI is InChI=1S/C11H22N6/c1-11(4-6-16(2)7-5-11)9-12-8-10-13-15-17(3)14-10/h12H,4-9H2,1-3H3. The van der Waals surface area contributed by atoms with Gasteiger partial charge in [0.1, 0.15) is 0 Å². The number of likely N-dealkylation sites (tertiary alicyclic amines) is 1. The van der Waals surface area contributed by atoms with Gasteiger partial charge in [0.2, 0.25) is 0 Å². The quantitative estimate of drug-likeness (QED) is 0.802. The second-order valence-electron chi connectivity index (χ2n) is 5.41. The van der Waals surface area contributed by atoms with Crippen LogP contribution in [-0.2, 0) is 13.6 Å². The molecule has 0 bridgehead atoms. The Morgan fingerprint density at radius 1 is 1.29 bits per heavy atom. The van der Waals surface area contributed by atoms with Crippen molar-refractivity contribution in [1.29, 1.82) is 0 Å². The van der Waals surface area contributed by atoms with Crippen molar-refractivity contribution < 1.29 is 0 Å². The summed E-state index contributed by atoms with van der Waals surface area (Å²) in [5.74, 6) is 0.768. The molecule has 0 saturated carbocycles. The number of nitrogens with zero attached hydrogens (tertiary/aromatic N) is 5. The number of nitrogens with one attached hydrogen (secondary N) is 1. The molecule has 0 atom stereocenters. The monoisotopic (exact) mass is 238 g/mol. The van der Waals surface area contributed by atoms with Crippen molar-refractivity contribution in [2.75, 3.05) is 26.7 Å². The normalized spacial score (nSPS) is 20.6. The maximum Gasteiger partial charge on any atom is 0.188 e. The lowest BCUT2D eigenvalue weighted by molar-refractivity contribution is 0.136. The van der Waals surface area contributed by atoms with Crippen molar-refractivity contribution in [3.63, 3.8) is 0 Å². The Morgan fingerprint density at radius 2 is 2.00 bits per heavy atom. The van der Waals surface area contributed by atoms with E-state index in [1.54, 1.807) is 7.05 Å². The topological polar surface area (TPSA) is 58.9 Å². The Bertz CT molecular complexity index is 353. The molecular weight excluding hydrogens is 216 g/mol. The van der Waals surface area contributed by atoms with Crippen molar-refractivity contribution in [2.45, 2.75) is 26.3 Å². The van der Waals surface area contributed by atoms with Gasteiger partial charge < -0.3 is 10.2 Å². The molecule has 6 nitrogen and oxygen atoms in total. The van der Waals surface area contributed by atoms with Gasteiger partial charge in [-0.25, -0.2) is 0 Å². The third-order valence-electron chi connectivity index (χ3n) is 3.58. The summed E-state index contributed by atoms with van der Waals surface area (Å²) in [5.41, 5.74) is 0.411. The second-order valence-corrected chi connectivity index (χ2v) is 5.41. The highest BCUT2D eigenvalue weighted by atomic mass is 15.6. The number of aromatic nitrogens is 4. The van der Waals surface area contributed by atoms with Crippen LogP contribution in [0.25, 0.3) is 0 Å². The van der Waals surface area contributed by atoms with Gasteiger partial charge in [0, 0.05) is 6.54 Å². The highest BCUT2D eigenvalue weighted by Crippen LogP contribution is 2.29. The average Bonchev–Trinajstić information content (AvgIpc) is 2.69. The van der Waals surface area contributed by atoms with E-state index in [1.165, 1.54) is 30.7 Å². The first-order chi connectivity index (χ1) is 8.07. The van der Waals surface area contributed by atoms with Crippen LogP contribution < -0.4 is 5.32 Å². The summed E-state index contributed by atoms with van der Waals surface area (Å²) in [7, 11) is 3.98. The Kier molecular flexibility index (Phi) is 3.73. The maximum absolute atomic E-state index is 4.15. The summed E-state index contributed by atoms with van der Waals surface area (Å²) in [6.07, 6.45) is 2.51. The SMILES string of the molecule is CN1CCC(C)(CNCc2nnn(C)n2)CC1. The van der Waals surface area contributed by atoms with Gasteiger partial charge in [-0.15, -0.1) is 10.2 Å². The maximum atomic E-state index is 4.15. The fourth-order valence-corrected chi connectivity index (χ4v) is 2.21. The molecule has 0 spiro atoms. The molecule has 1 aliphatic rings. The van der Waals surface area contributed by atoms with E-state index in [0.717, 1.165) is 12.4 Å². The summed E-state index contributed by atoms with van der Waals surface area (Å²) in [5, 5.41) is 15.4. The summed E-state index contributed by atoms with van der Waals surface area (Å²) >= 11 is 0. The summed E-state index contributed by atoms with van der Waals surface area (Å²) < 4.78 is 0. The number of piperidine rings is 1. The third kappa shape index (κ3) is 3.47. The predicted molar refractivity (Wildman–Crippen MR) is 65.3 cm³/mol. The molecule has 1 N–H and O–H groups in total. The minimum absolute atomic E-state index is 0.411. The zero-order valence-corrected chi connectivity index (χ0v) is 11.0. The minimum atomic E-state index is 0.411. The highest BCUT2D eigenvalue weighted by Gasteiger charge is 2.28. The van der Waals surface area contributed by atoms with Crippen LogP contribution in [0.1, 0.15) is 25.6 Å². The summed E-state index contributed by atoms with van der Waals surface area (Å²) in [4.78, 5) is 3.89. The van der Waals surface area contributed by atoms with Crippen LogP contribution in [0.15, 0.2) is 0 Å². The number of rotatable bonds is 4. The van der Waals surface area contributed by atoms with Gasteiger partial charge >= 0.3 is 0 Å². The van der Waals surface area contributed by atoms with Crippen molar-refractivity contribution in [3.05, 3.63) is 5.82 Å². The van der Waals surface area contributed by atoms with E-state index < -0.39 is 0 Å². The Balaban J connectivity index is 1.74. The van der Waals surface area contributed by atoms with Gasteiger partial charge in [-0.1, -0.05) is 6.92 Å². The molecule has 0 aromatic carbocycles. The molecule has 6 heteroatoms. The first-order valence-corrected chi connectivity index (χ1v) is 6.20. The minimum Gasteiger partial charge on any atom is -0.309 e. The number of aryl methyl sites for hydroxylation is 1. The van der Waals surface area contributed by atoms with Crippen molar-refractivity contribution in [3.8, 4) is 0 Å². The Labute approximate surface area is 102 Å². The molecule has 1 saturated heterocycles. The molecule has 0 unspecified atom stereocenters. The van der Waals surface area contributed by atoms with E-state index in [-0.39, 0.29) is 0 Å². The van der Waals surface area contributed by atoms with Gasteiger partial charge in [-0.2, -0.15) is 4.80 Å². The fraction of sp³-hybridized carbons (Fsp3) is 0.909. The highest BCUT2D eigenvalue weighted by molar-refractivity contribution is 4.84. The molecule has 0 radical (unpaired) electrons.